The second-order valence-electron chi connectivity index (χ2n) is 4.36. The smallest absolute Gasteiger partial charge is 0.315 e. The van der Waals surface area contributed by atoms with Gasteiger partial charge in [0.2, 0.25) is 0 Å². The fourth-order valence-corrected chi connectivity index (χ4v) is 1.59. The number of nitrogens with zero attached hydrogens (tertiary/aromatic N) is 2. The third-order valence-electron chi connectivity index (χ3n) is 2.88. The van der Waals surface area contributed by atoms with Crippen molar-refractivity contribution < 1.29 is 9.53 Å². The van der Waals surface area contributed by atoms with Gasteiger partial charge in [-0.05, 0) is 32.3 Å². The van der Waals surface area contributed by atoms with Crippen molar-refractivity contribution in [2.75, 3.05) is 6.61 Å². The molecule has 0 saturated heterocycles. The predicted octanol–water partition coefficient (Wildman–Crippen LogP) is 2.11. The normalized spacial score (nSPS) is 14.1. The number of carbonyl (C=O) groups is 1. The maximum atomic E-state index is 11.8. The summed E-state index contributed by atoms with van der Waals surface area (Å²) < 4.78 is 6.82. The van der Waals surface area contributed by atoms with Gasteiger partial charge in [-0.25, -0.2) is 0 Å². The Morgan fingerprint density at radius 3 is 2.88 bits per heavy atom. The third-order valence-corrected chi connectivity index (χ3v) is 2.88. The zero-order valence-corrected chi connectivity index (χ0v) is 10.8. The van der Waals surface area contributed by atoms with Gasteiger partial charge in [-0.2, -0.15) is 5.10 Å². The molecule has 1 rings (SSSR count). The fraction of sp³-hybridized carbons (Fsp3) is 0.538. The minimum atomic E-state index is -0.619. The Kier molecular flexibility index (Phi) is 4.49. The van der Waals surface area contributed by atoms with Gasteiger partial charge >= 0.3 is 5.97 Å². The molecule has 0 aliphatic carbocycles. The van der Waals surface area contributed by atoms with Gasteiger partial charge in [0.05, 0.1) is 18.2 Å². The molecule has 0 fully saturated rings. The molecule has 94 valence electrons. The third kappa shape index (κ3) is 3.44. The topological polar surface area (TPSA) is 44.1 Å². The average Bonchev–Trinajstić information content (AvgIpc) is 2.72. The van der Waals surface area contributed by atoms with E-state index in [1.807, 2.05) is 33.3 Å². The SMILES string of the molecule is C=CC(C)(CCc1cnn(C)c1)C(=O)OCC. The molecular formula is C13H20N2O2. The van der Waals surface area contributed by atoms with Crippen LogP contribution in [0.4, 0.5) is 0 Å². The Morgan fingerprint density at radius 1 is 1.71 bits per heavy atom. The van der Waals surface area contributed by atoms with Gasteiger partial charge in [0, 0.05) is 13.2 Å². The first-order valence-corrected chi connectivity index (χ1v) is 5.80. The van der Waals surface area contributed by atoms with Crippen molar-refractivity contribution in [2.45, 2.75) is 26.7 Å². The summed E-state index contributed by atoms with van der Waals surface area (Å²) in [7, 11) is 1.88. The summed E-state index contributed by atoms with van der Waals surface area (Å²) in [5.74, 6) is -0.209. The molecule has 0 spiro atoms. The van der Waals surface area contributed by atoms with Crippen molar-refractivity contribution in [3.8, 4) is 0 Å². The highest BCUT2D eigenvalue weighted by Crippen LogP contribution is 2.26. The van der Waals surface area contributed by atoms with Gasteiger partial charge in [0.25, 0.3) is 0 Å². The summed E-state index contributed by atoms with van der Waals surface area (Å²) in [5, 5.41) is 4.10. The molecule has 1 atom stereocenters. The lowest BCUT2D eigenvalue weighted by Gasteiger charge is -2.22. The van der Waals surface area contributed by atoms with E-state index >= 15 is 0 Å². The van der Waals surface area contributed by atoms with Crippen LogP contribution in [0.25, 0.3) is 0 Å². The van der Waals surface area contributed by atoms with E-state index in [1.54, 1.807) is 10.8 Å². The van der Waals surface area contributed by atoms with E-state index in [2.05, 4.69) is 11.7 Å². The maximum Gasteiger partial charge on any atom is 0.315 e. The van der Waals surface area contributed by atoms with Gasteiger partial charge in [0.15, 0.2) is 0 Å². The second kappa shape index (κ2) is 5.66. The summed E-state index contributed by atoms with van der Waals surface area (Å²) in [4.78, 5) is 11.8. The van der Waals surface area contributed by atoms with Gasteiger partial charge in [-0.1, -0.05) is 6.08 Å². The van der Waals surface area contributed by atoms with E-state index < -0.39 is 5.41 Å². The van der Waals surface area contributed by atoms with Crippen LogP contribution in [0.2, 0.25) is 0 Å². The predicted molar refractivity (Wildman–Crippen MR) is 66.5 cm³/mol. The molecule has 17 heavy (non-hydrogen) atoms. The van der Waals surface area contributed by atoms with Crippen LogP contribution in [0, 0.1) is 5.41 Å². The van der Waals surface area contributed by atoms with Crippen LogP contribution >= 0.6 is 0 Å². The number of ether oxygens (including phenoxy) is 1. The Labute approximate surface area is 102 Å². The van der Waals surface area contributed by atoms with Crippen LogP contribution in [0.1, 0.15) is 25.8 Å². The maximum absolute atomic E-state index is 11.8. The standard InChI is InChI=1S/C13H20N2O2/c1-5-13(3,12(16)17-6-2)8-7-11-9-14-15(4)10-11/h5,9-10H,1,6-8H2,2-4H3. The van der Waals surface area contributed by atoms with Gasteiger partial charge in [-0.15, -0.1) is 6.58 Å². The van der Waals surface area contributed by atoms with Crippen LogP contribution < -0.4 is 0 Å². The summed E-state index contributed by atoms with van der Waals surface area (Å²) in [5.41, 5.74) is 0.496. The molecule has 0 saturated carbocycles. The molecule has 1 unspecified atom stereocenters. The number of hydrogen-bond donors (Lipinski definition) is 0. The monoisotopic (exact) mass is 236 g/mol. The molecule has 0 radical (unpaired) electrons. The first-order valence-electron chi connectivity index (χ1n) is 5.80. The summed E-state index contributed by atoms with van der Waals surface area (Å²) in [6, 6.07) is 0. The minimum Gasteiger partial charge on any atom is -0.465 e. The average molecular weight is 236 g/mol. The number of aromatic nitrogens is 2. The molecule has 0 aliphatic heterocycles. The number of carbonyl (C=O) groups excluding carboxylic acids is 1. The Balaban J connectivity index is 2.63. The van der Waals surface area contributed by atoms with E-state index in [1.165, 1.54) is 0 Å². The quantitative estimate of drug-likeness (QED) is 0.561. The summed E-state index contributed by atoms with van der Waals surface area (Å²) >= 11 is 0. The first kappa shape index (κ1) is 13.5. The lowest BCUT2D eigenvalue weighted by atomic mass is 9.84. The number of esters is 1. The first-order chi connectivity index (χ1) is 8.01. The number of aryl methyl sites for hydroxylation is 2. The van der Waals surface area contributed by atoms with E-state index in [0.29, 0.717) is 13.0 Å². The minimum absolute atomic E-state index is 0.209. The molecule has 0 bridgehead atoms. The molecule has 0 aromatic carbocycles. The van der Waals surface area contributed by atoms with Crippen LogP contribution in [-0.2, 0) is 23.0 Å². The Hall–Kier alpha value is -1.58. The van der Waals surface area contributed by atoms with Crippen LogP contribution in [-0.4, -0.2) is 22.4 Å². The molecule has 4 nitrogen and oxygen atoms in total. The van der Waals surface area contributed by atoms with Crippen LogP contribution in [0.3, 0.4) is 0 Å². The lowest BCUT2D eigenvalue weighted by Crippen LogP contribution is -2.28. The highest BCUT2D eigenvalue weighted by Gasteiger charge is 2.30. The number of rotatable bonds is 6. The van der Waals surface area contributed by atoms with Gasteiger partial charge in [0.1, 0.15) is 0 Å². The molecule has 0 amide bonds. The Bertz CT molecular complexity index is 398. The molecule has 4 heteroatoms. The van der Waals surface area contributed by atoms with Crippen molar-refractivity contribution in [1.29, 1.82) is 0 Å². The zero-order valence-electron chi connectivity index (χ0n) is 10.8. The van der Waals surface area contributed by atoms with E-state index in [9.17, 15) is 4.79 Å². The number of hydrogen-bond acceptors (Lipinski definition) is 3. The van der Waals surface area contributed by atoms with Crippen LogP contribution in [0.5, 0.6) is 0 Å². The zero-order chi connectivity index (χ0) is 12.9. The molecule has 1 heterocycles. The molecule has 0 N–H and O–H groups in total. The van der Waals surface area contributed by atoms with Gasteiger partial charge < -0.3 is 4.74 Å². The second-order valence-corrected chi connectivity index (χ2v) is 4.36. The summed E-state index contributed by atoms with van der Waals surface area (Å²) in [6.45, 7) is 7.79. The van der Waals surface area contributed by atoms with Crippen molar-refractivity contribution in [1.82, 2.24) is 9.78 Å². The highest BCUT2D eigenvalue weighted by molar-refractivity contribution is 5.78. The van der Waals surface area contributed by atoms with Gasteiger partial charge in [-0.3, -0.25) is 9.48 Å². The molecule has 0 aliphatic rings. The van der Waals surface area contributed by atoms with E-state index in [4.69, 9.17) is 4.74 Å². The van der Waals surface area contributed by atoms with Crippen LogP contribution in [0.15, 0.2) is 25.0 Å². The summed E-state index contributed by atoms with van der Waals surface area (Å²) in [6.07, 6.45) is 6.90. The Morgan fingerprint density at radius 2 is 2.41 bits per heavy atom. The van der Waals surface area contributed by atoms with Crippen molar-refractivity contribution in [2.24, 2.45) is 12.5 Å². The lowest BCUT2D eigenvalue weighted by molar-refractivity contribution is -0.151. The molecule has 1 aromatic rings. The van der Waals surface area contributed by atoms with E-state index in [-0.39, 0.29) is 5.97 Å². The largest absolute Gasteiger partial charge is 0.465 e. The van der Waals surface area contributed by atoms with Crippen molar-refractivity contribution in [3.05, 3.63) is 30.6 Å². The van der Waals surface area contributed by atoms with Crippen molar-refractivity contribution in [3.63, 3.8) is 0 Å². The van der Waals surface area contributed by atoms with Crippen molar-refractivity contribution >= 4 is 5.97 Å². The molecular weight excluding hydrogens is 216 g/mol. The highest BCUT2D eigenvalue weighted by atomic mass is 16.5. The molecule has 1 aromatic heterocycles. The fourth-order valence-electron chi connectivity index (χ4n) is 1.59. The van der Waals surface area contributed by atoms with E-state index in [0.717, 1.165) is 12.0 Å².